The van der Waals surface area contributed by atoms with Crippen LogP contribution in [0.2, 0.25) is 0 Å². The minimum Gasteiger partial charge on any atom is -0.457 e. The topological polar surface area (TPSA) is 44.8 Å². The van der Waals surface area contributed by atoms with E-state index in [0.29, 0.717) is 16.9 Å². The lowest BCUT2D eigenvalue weighted by molar-refractivity contribution is -0.216. The van der Waals surface area contributed by atoms with Gasteiger partial charge in [-0.25, -0.2) is 4.79 Å². The number of benzene rings is 2. The molecule has 0 saturated carbocycles. The normalized spacial score (nSPS) is 16.7. The Morgan fingerprint density at radius 2 is 2.00 bits per heavy atom. The number of fused-ring (bicyclic) bond motifs is 1. The number of esters is 1. The van der Waals surface area contributed by atoms with Gasteiger partial charge in [-0.1, -0.05) is 36.4 Å². The van der Waals surface area contributed by atoms with Crippen LogP contribution in [0.25, 0.3) is 0 Å². The summed E-state index contributed by atoms with van der Waals surface area (Å²) in [5.74, 6) is 0.0299. The number of carbonyl (C=O) groups excluding carboxylic acids is 1. The third-order valence-corrected chi connectivity index (χ3v) is 3.52. The van der Waals surface area contributed by atoms with E-state index in [2.05, 4.69) is 0 Å². The molecule has 1 heterocycles. The zero-order valence-corrected chi connectivity index (χ0v) is 11.9. The molecule has 0 spiro atoms. The summed E-state index contributed by atoms with van der Waals surface area (Å²) in [6, 6.07) is 14.6. The smallest absolute Gasteiger partial charge is 0.338 e. The SMILES string of the molecule is O=C(OCc1ccccc1)c1cccc2c1C(Cl)COO2. The Labute approximate surface area is 127 Å². The first-order valence-corrected chi connectivity index (χ1v) is 6.97. The fourth-order valence-electron chi connectivity index (χ4n) is 2.16. The highest BCUT2D eigenvalue weighted by atomic mass is 35.5. The number of hydrogen-bond donors (Lipinski definition) is 0. The number of hydrogen-bond acceptors (Lipinski definition) is 4. The molecule has 1 aliphatic rings. The highest BCUT2D eigenvalue weighted by molar-refractivity contribution is 6.22. The molecule has 5 heteroatoms. The molecule has 0 amide bonds. The number of carbonyl (C=O) groups is 1. The van der Waals surface area contributed by atoms with Gasteiger partial charge in [0.25, 0.3) is 0 Å². The second-order valence-corrected chi connectivity index (χ2v) is 5.14. The average Bonchev–Trinajstić information content (AvgIpc) is 2.53. The first-order chi connectivity index (χ1) is 10.3. The molecule has 0 radical (unpaired) electrons. The minimum atomic E-state index is -0.436. The molecule has 1 atom stereocenters. The summed E-state index contributed by atoms with van der Waals surface area (Å²) in [7, 11) is 0. The molecule has 0 saturated heterocycles. The van der Waals surface area contributed by atoms with Crippen molar-refractivity contribution in [2.24, 2.45) is 0 Å². The van der Waals surface area contributed by atoms with Crippen LogP contribution in [0.1, 0.15) is 26.9 Å². The van der Waals surface area contributed by atoms with Gasteiger partial charge in [-0.2, -0.15) is 4.89 Å². The Morgan fingerprint density at radius 3 is 2.81 bits per heavy atom. The molecule has 2 aromatic rings. The molecule has 108 valence electrons. The molecule has 0 aromatic heterocycles. The van der Waals surface area contributed by atoms with Crippen LogP contribution in [-0.4, -0.2) is 12.6 Å². The summed E-state index contributed by atoms with van der Waals surface area (Å²) in [4.78, 5) is 22.2. The molecule has 0 N–H and O–H groups in total. The average molecular weight is 305 g/mol. The van der Waals surface area contributed by atoms with Crippen LogP contribution in [-0.2, 0) is 16.2 Å². The fourth-order valence-corrected chi connectivity index (χ4v) is 2.44. The second-order valence-electron chi connectivity index (χ2n) is 4.61. The highest BCUT2D eigenvalue weighted by Gasteiger charge is 2.27. The number of alkyl halides is 1. The van der Waals surface area contributed by atoms with Crippen LogP contribution in [0.15, 0.2) is 48.5 Å². The second kappa shape index (κ2) is 6.16. The Kier molecular flexibility index (Phi) is 4.08. The van der Waals surface area contributed by atoms with Crippen molar-refractivity contribution in [1.82, 2.24) is 0 Å². The van der Waals surface area contributed by atoms with Gasteiger partial charge in [0.2, 0.25) is 0 Å². The van der Waals surface area contributed by atoms with E-state index in [0.717, 1.165) is 5.56 Å². The first-order valence-electron chi connectivity index (χ1n) is 6.53. The highest BCUT2D eigenvalue weighted by Crippen LogP contribution is 2.37. The van der Waals surface area contributed by atoms with E-state index in [1.165, 1.54) is 0 Å². The monoisotopic (exact) mass is 304 g/mol. The molecule has 2 aromatic carbocycles. The van der Waals surface area contributed by atoms with Crippen LogP contribution in [0.3, 0.4) is 0 Å². The number of rotatable bonds is 3. The Hall–Kier alpha value is -2.04. The fraction of sp³-hybridized carbons (Fsp3) is 0.188. The molecule has 4 nitrogen and oxygen atoms in total. The van der Waals surface area contributed by atoms with Crippen LogP contribution in [0, 0.1) is 0 Å². The van der Waals surface area contributed by atoms with Crippen molar-refractivity contribution < 1.29 is 19.3 Å². The summed E-state index contributed by atoms with van der Waals surface area (Å²) >= 11 is 6.20. The van der Waals surface area contributed by atoms with Crippen LogP contribution < -0.4 is 4.89 Å². The lowest BCUT2D eigenvalue weighted by Gasteiger charge is -2.22. The summed E-state index contributed by atoms with van der Waals surface area (Å²) in [5.41, 5.74) is 1.95. The van der Waals surface area contributed by atoms with E-state index >= 15 is 0 Å². The molecular formula is C16H13ClO4. The molecule has 0 fully saturated rings. The number of ether oxygens (including phenoxy) is 1. The summed E-state index contributed by atoms with van der Waals surface area (Å²) in [6.07, 6.45) is 0. The van der Waals surface area contributed by atoms with E-state index in [9.17, 15) is 4.79 Å². The van der Waals surface area contributed by atoms with Gasteiger partial charge < -0.3 is 9.62 Å². The Balaban J connectivity index is 1.79. The maximum Gasteiger partial charge on any atom is 0.338 e. The van der Waals surface area contributed by atoms with Gasteiger partial charge in [0.05, 0.1) is 10.9 Å². The Morgan fingerprint density at radius 1 is 1.19 bits per heavy atom. The Bertz CT molecular complexity index is 642. The predicted molar refractivity (Wildman–Crippen MR) is 77.2 cm³/mol. The maximum atomic E-state index is 12.3. The van der Waals surface area contributed by atoms with Gasteiger partial charge in [-0.3, -0.25) is 0 Å². The van der Waals surface area contributed by atoms with Crippen molar-refractivity contribution in [2.45, 2.75) is 12.0 Å². The van der Waals surface area contributed by atoms with Crippen LogP contribution in [0.4, 0.5) is 0 Å². The van der Waals surface area contributed by atoms with E-state index in [1.807, 2.05) is 30.3 Å². The summed E-state index contributed by atoms with van der Waals surface area (Å²) in [5, 5.41) is -0.436. The number of halogens is 1. The molecule has 0 aliphatic carbocycles. The molecule has 21 heavy (non-hydrogen) atoms. The third-order valence-electron chi connectivity index (χ3n) is 3.18. The van der Waals surface area contributed by atoms with E-state index in [4.69, 9.17) is 26.1 Å². The van der Waals surface area contributed by atoms with Crippen molar-refractivity contribution in [3.63, 3.8) is 0 Å². The summed E-state index contributed by atoms with van der Waals surface area (Å²) in [6.45, 7) is 0.408. The lowest BCUT2D eigenvalue weighted by atomic mass is 10.0. The van der Waals surface area contributed by atoms with Crippen LogP contribution in [0.5, 0.6) is 5.75 Å². The van der Waals surface area contributed by atoms with Gasteiger partial charge in [0.15, 0.2) is 5.75 Å². The molecular weight excluding hydrogens is 292 g/mol. The van der Waals surface area contributed by atoms with Crippen LogP contribution >= 0.6 is 11.6 Å². The molecule has 3 rings (SSSR count). The maximum absolute atomic E-state index is 12.3. The minimum absolute atomic E-state index is 0.192. The molecule has 1 aliphatic heterocycles. The van der Waals surface area contributed by atoms with Crippen molar-refractivity contribution in [2.75, 3.05) is 6.61 Å². The van der Waals surface area contributed by atoms with Crippen molar-refractivity contribution in [3.8, 4) is 5.75 Å². The predicted octanol–water partition coefficient (Wildman–Crippen LogP) is 3.65. The quantitative estimate of drug-likeness (QED) is 0.493. The van der Waals surface area contributed by atoms with Crippen molar-refractivity contribution >= 4 is 17.6 Å². The van der Waals surface area contributed by atoms with Gasteiger partial charge in [-0.05, 0) is 17.7 Å². The van der Waals surface area contributed by atoms with Crippen molar-refractivity contribution in [3.05, 3.63) is 65.2 Å². The third kappa shape index (κ3) is 3.01. The van der Waals surface area contributed by atoms with Gasteiger partial charge >= 0.3 is 5.97 Å². The van der Waals surface area contributed by atoms with Gasteiger partial charge in [0.1, 0.15) is 13.2 Å². The first kappa shape index (κ1) is 13.9. The largest absolute Gasteiger partial charge is 0.457 e. The van der Waals surface area contributed by atoms with Crippen molar-refractivity contribution in [1.29, 1.82) is 0 Å². The van der Waals surface area contributed by atoms with E-state index in [1.54, 1.807) is 18.2 Å². The zero-order valence-electron chi connectivity index (χ0n) is 11.1. The lowest BCUT2D eigenvalue weighted by Crippen LogP contribution is -2.18. The van der Waals surface area contributed by atoms with E-state index < -0.39 is 11.3 Å². The van der Waals surface area contributed by atoms with Gasteiger partial charge in [-0.15, -0.1) is 11.6 Å². The van der Waals surface area contributed by atoms with Gasteiger partial charge in [0, 0.05) is 5.56 Å². The molecule has 1 unspecified atom stereocenters. The zero-order chi connectivity index (χ0) is 14.7. The molecule has 0 bridgehead atoms. The summed E-state index contributed by atoms with van der Waals surface area (Å²) < 4.78 is 5.33. The standard InChI is InChI=1S/C16H13ClO4/c17-13-10-20-21-14-8-4-7-12(15(13)14)16(18)19-9-11-5-2-1-3-6-11/h1-8,13H,9-10H2. The van der Waals surface area contributed by atoms with E-state index in [-0.39, 0.29) is 13.2 Å².